The third-order valence-corrected chi connectivity index (χ3v) is 6.10. The van der Waals surface area contributed by atoms with Gasteiger partial charge in [-0.2, -0.15) is 0 Å². The molecule has 3 nitrogen and oxygen atoms in total. The van der Waals surface area contributed by atoms with Crippen molar-refractivity contribution in [2.75, 3.05) is 7.11 Å². The first-order chi connectivity index (χ1) is 11.5. The monoisotopic (exact) mass is 330 g/mol. The van der Waals surface area contributed by atoms with Gasteiger partial charge < -0.3 is 9.47 Å². The molecule has 2 aliphatic rings. The van der Waals surface area contributed by atoms with Crippen molar-refractivity contribution in [3.8, 4) is 0 Å². The first kappa shape index (κ1) is 17.5. The second-order valence-electron chi connectivity index (χ2n) is 7.96. The number of carbonyl (C=O) groups is 1. The van der Waals surface area contributed by atoms with E-state index in [9.17, 15) is 4.79 Å². The Morgan fingerprint density at radius 1 is 1.25 bits per heavy atom. The zero-order valence-corrected chi connectivity index (χ0v) is 15.4. The Hall–Kier alpha value is -1.35. The molecule has 1 unspecified atom stereocenters. The molecule has 0 spiro atoms. The second-order valence-corrected chi connectivity index (χ2v) is 7.96. The van der Waals surface area contributed by atoms with Gasteiger partial charge >= 0.3 is 5.97 Å². The van der Waals surface area contributed by atoms with Crippen LogP contribution in [0.1, 0.15) is 57.6 Å². The summed E-state index contributed by atoms with van der Waals surface area (Å²) in [5.41, 5.74) is 1.27. The number of ether oxygens (including phenoxy) is 2. The number of esters is 1. The molecule has 0 N–H and O–H groups in total. The van der Waals surface area contributed by atoms with E-state index in [1.54, 1.807) is 7.11 Å². The van der Waals surface area contributed by atoms with Crippen molar-refractivity contribution >= 4 is 5.97 Å². The van der Waals surface area contributed by atoms with Crippen molar-refractivity contribution in [1.29, 1.82) is 0 Å². The molecule has 0 amide bonds. The summed E-state index contributed by atoms with van der Waals surface area (Å²) in [6, 6.07) is 8.10. The first-order valence-electron chi connectivity index (χ1n) is 9.32. The van der Waals surface area contributed by atoms with E-state index in [1.807, 2.05) is 18.2 Å². The fraction of sp³-hybridized carbons (Fsp3) is 0.667. The number of hydrogen-bond acceptors (Lipinski definition) is 3. The number of hydrogen-bond donors (Lipinski definition) is 0. The van der Waals surface area contributed by atoms with E-state index in [2.05, 4.69) is 26.8 Å². The maximum atomic E-state index is 13.2. The van der Waals surface area contributed by atoms with Crippen LogP contribution in [0.2, 0.25) is 0 Å². The van der Waals surface area contributed by atoms with Crippen LogP contribution >= 0.6 is 0 Å². The first-order valence-corrected chi connectivity index (χ1v) is 9.32. The van der Waals surface area contributed by atoms with Gasteiger partial charge in [-0.3, -0.25) is 0 Å². The molecule has 0 bridgehead atoms. The van der Waals surface area contributed by atoms with Gasteiger partial charge in [0.05, 0.1) is 0 Å². The number of aryl methyl sites for hydroxylation is 1. The summed E-state index contributed by atoms with van der Waals surface area (Å²) in [5.74, 6) is 1.41. The zero-order chi connectivity index (χ0) is 17.3. The molecule has 24 heavy (non-hydrogen) atoms. The summed E-state index contributed by atoms with van der Waals surface area (Å²) < 4.78 is 11.9. The van der Waals surface area contributed by atoms with Crippen LogP contribution in [0.3, 0.4) is 0 Å². The van der Waals surface area contributed by atoms with Gasteiger partial charge in [0.1, 0.15) is 6.10 Å². The average Bonchev–Trinajstić information content (AvgIpc) is 2.94. The predicted molar refractivity (Wildman–Crippen MR) is 94.7 cm³/mol. The minimum Gasteiger partial charge on any atom is -0.460 e. The molecule has 1 saturated carbocycles. The highest BCUT2D eigenvalue weighted by Crippen LogP contribution is 2.42. The lowest BCUT2D eigenvalue weighted by molar-refractivity contribution is -0.182. The molecule has 1 aromatic rings. The van der Waals surface area contributed by atoms with Crippen LogP contribution in [0.5, 0.6) is 0 Å². The van der Waals surface area contributed by atoms with Crippen LogP contribution in [-0.4, -0.2) is 19.2 Å². The summed E-state index contributed by atoms with van der Waals surface area (Å²) in [7, 11) is 1.63. The van der Waals surface area contributed by atoms with Gasteiger partial charge in [-0.1, -0.05) is 51.5 Å². The Morgan fingerprint density at radius 3 is 2.71 bits per heavy atom. The highest BCUT2D eigenvalue weighted by Gasteiger charge is 2.48. The Morgan fingerprint density at radius 2 is 2.00 bits per heavy atom. The molecule has 2 aliphatic carbocycles. The highest BCUT2D eigenvalue weighted by molar-refractivity contribution is 5.83. The van der Waals surface area contributed by atoms with Gasteiger partial charge in [0.25, 0.3) is 0 Å². The largest absolute Gasteiger partial charge is 0.460 e. The molecule has 0 radical (unpaired) electrons. The fourth-order valence-corrected chi connectivity index (χ4v) is 4.57. The number of methoxy groups -OCH3 is 1. The lowest BCUT2D eigenvalue weighted by atomic mass is 9.75. The standard InChI is InChI=1S/C21H30O3/c1-14(2)17-10-9-15(3)13-19(17)24-20(22)21(23-4)12-11-16-7-5-6-8-18(16)21/h5-8,14-15,17,19H,9-13H2,1-4H3/t15-,17+,19-,21?/m1/s1. The van der Waals surface area contributed by atoms with Gasteiger partial charge in [-0.15, -0.1) is 0 Å². The van der Waals surface area contributed by atoms with Gasteiger partial charge in [0.2, 0.25) is 0 Å². The van der Waals surface area contributed by atoms with Crippen molar-refractivity contribution in [1.82, 2.24) is 0 Å². The molecule has 1 fully saturated rings. The molecule has 0 saturated heterocycles. The second kappa shape index (κ2) is 6.87. The van der Waals surface area contributed by atoms with E-state index in [4.69, 9.17) is 9.47 Å². The highest BCUT2D eigenvalue weighted by atomic mass is 16.6. The number of carbonyl (C=O) groups excluding carboxylic acids is 1. The quantitative estimate of drug-likeness (QED) is 0.764. The molecule has 1 aromatic carbocycles. The third kappa shape index (κ3) is 2.99. The van der Waals surface area contributed by atoms with Crippen LogP contribution in [0.15, 0.2) is 24.3 Å². The number of benzene rings is 1. The van der Waals surface area contributed by atoms with Crippen molar-refractivity contribution < 1.29 is 14.3 Å². The smallest absolute Gasteiger partial charge is 0.343 e. The summed E-state index contributed by atoms with van der Waals surface area (Å²) in [4.78, 5) is 13.2. The van der Waals surface area contributed by atoms with Crippen LogP contribution in [0.4, 0.5) is 0 Å². The molecule has 3 heteroatoms. The average molecular weight is 330 g/mol. The molecular formula is C21H30O3. The summed E-state index contributed by atoms with van der Waals surface area (Å²) in [6.45, 7) is 6.73. The zero-order valence-electron chi connectivity index (χ0n) is 15.4. The Kier molecular flexibility index (Phi) is 5.00. The normalized spacial score (nSPS) is 32.6. The maximum absolute atomic E-state index is 13.2. The topological polar surface area (TPSA) is 35.5 Å². The summed E-state index contributed by atoms with van der Waals surface area (Å²) in [6.07, 6.45) is 4.91. The van der Waals surface area contributed by atoms with E-state index in [0.717, 1.165) is 24.8 Å². The molecule has 132 valence electrons. The van der Waals surface area contributed by atoms with Crippen LogP contribution in [-0.2, 0) is 26.3 Å². The lowest BCUT2D eigenvalue weighted by Crippen LogP contribution is -2.43. The van der Waals surface area contributed by atoms with E-state index >= 15 is 0 Å². The maximum Gasteiger partial charge on any atom is 0.343 e. The minimum absolute atomic E-state index is 0.0148. The van der Waals surface area contributed by atoms with Gasteiger partial charge in [0.15, 0.2) is 5.60 Å². The fourth-order valence-electron chi connectivity index (χ4n) is 4.57. The number of rotatable bonds is 4. The van der Waals surface area contributed by atoms with Crippen molar-refractivity contribution in [3.63, 3.8) is 0 Å². The Labute approximate surface area is 145 Å². The van der Waals surface area contributed by atoms with Crippen molar-refractivity contribution in [2.45, 2.75) is 64.6 Å². The van der Waals surface area contributed by atoms with Crippen LogP contribution < -0.4 is 0 Å². The van der Waals surface area contributed by atoms with E-state index in [0.29, 0.717) is 24.2 Å². The lowest BCUT2D eigenvalue weighted by Gasteiger charge is -2.38. The SMILES string of the molecule is COC1(C(=O)O[C@@H]2C[C@H](C)CC[C@H]2C(C)C)CCc2ccccc21. The minimum atomic E-state index is -0.918. The van der Waals surface area contributed by atoms with Gasteiger partial charge in [-0.05, 0) is 54.6 Å². The van der Waals surface area contributed by atoms with E-state index < -0.39 is 5.60 Å². The van der Waals surface area contributed by atoms with Crippen molar-refractivity contribution in [3.05, 3.63) is 35.4 Å². The molecule has 0 heterocycles. The molecule has 3 rings (SSSR count). The van der Waals surface area contributed by atoms with Crippen LogP contribution in [0.25, 0.3) is 0 Å². The summed E-state index contributed by atoms with van der Waals surface area (Å²) >= 11 is 0. The molecule has 4 atom stereocenters. The molecule has 0 aromatic heterocycles. The Balaban J connectivity index is 1.83. The van der Waals surface area contributed by atoms with Crippen molar-refractivity contribution in [2.24, 2.45) is 17.8 Å². The Bertz CT molecular complexity index is 595. The van der Waals surface area contributed by atoms with E-state index in [-0.39, 0.29) is 12.1 Å². The molecular weight excluding hydrogens is 300 g/mol. The van der Waals surface area contributed by atoms with Crippen LogP contribution in [0, 0.1) is 17.8 Å². The molecule has 0 aliphatic heterocycles. The van der Waals surface area contributed by atoms with Gasteiger partial charge in [0, 0.05) is 7.11 Å². The third-order valence-electron chi connectivity index (χ3n) is 6.10. The summed E-state index contributed by atoms with van der Waals surface area (Å²) in [5, 5.41) is 0. The predicted octanol–water partition coefficient (Wildman–Crippen LogP) is 4.48. The van der Waals surface area contributed by atoms with Gasteiger partial charge in [-0.25, -0.2) is 4.79 Å². The van der Waals surface area contributed by atoms with E-state index in [1.165, 1.54) is 12.0 Å². The number of fused-ring (bicyclic) bond motifs is 1.